The normalized spacial score (nSPS) is 20.5. The minimum Gasteiger partial charge on any atom is -0.473 e. The molecule has 2 aliphatic rings. The summed E-state index contributed by atoms with van der Waals surface area (Å²) >= 11 is 1.41. The van der Waals surface area contributed by atoms with Crippen LogP contribution < -0.4 is 10.1 Å². The second-order valence-electron chi connectivity index (χ2n) is 8.74. The Morgan fingerprint density at radius 3 is 2.80 bits per heavy atom. The number of hydrogen-bond acceptors (Lipinski definition) is 7. The molecule has 0 spiro atoms. The van der Waals surface area contributed by atoms with Crippen molar-refractivity contribution in [2.75, 3.05) is 6.54 Å². The van der Waals surface area contributed by atoms with Crippen molar-refractivity contribution in [2.24, 2.45) is 5.92 Å². The number of ether oxygens (including phenoxy) is 1. The number of nitrogens with zero attached hydrogens (tertiary/aromatic N) is 4. The van der Waals surface area contributed by atoms with Crippen LogP contribution in [0, 0.1) is 5.92 Å². The fourth-order valence-corrected chi connectivity index (χ4v) is 4.65. The molecule has 3 aromatic rings. The van der Waals surface area contributed by atoms with Crippen LogP contribution in [0.15, 0.2) is 18.6 Å². The molecule has 1 unspecified atom stereocenters. The summed E-state index contributed by atoms with van der Waals surface area (Å²) in [5, 5.41) is 13.8. The van der Waals surface area contributed by atoms with Gasteiger partial charge in [-0.1, -0.05) is 0 Å². The Morgan fingerprint density at radius 1 is 1.37 bits per heavy atom. The van der Waals surface area contributed by atoms with Gasteiger partial charge in [-0.05, 0) is 39.7 Å². The number of aromatic nitrogens is 4. The van der Waals surface area contributed by atoms with Gasteiger partial charge >= 0.3 is 0 Å². The molecule has 2 N–H and O–H groups in total. The number of nitrogens with one attached hydrogen (secondary N) is 1. The lowest BCUT2D eigenvalue weighted by molar-refractivity contribution is -0.119. The molecule has 3 aromatic heterocycles. The standard InChI is InChI=1S/C21H25N5O3S/c1-11(12-6-17(27)22-8-12)29-19-18-15(24-10-26(18)13-4-5-13)7-14(25-19)16-9-23-20(30-16)21(2,3)28/h7,9-13,28H,4-6,8H2,1-3H3,(H,22,27)/t11-,12?/m1/s1. The first-order valence-corrected chi connectivity index (χ1v) is 11.1. The second-order valence-corrected chi connectivity index (χ2v) is 9.77. The van der Waals surface area contributed by atoms with E-state index in [2.05, 4.69) is 19.9 Å². The van der Waals surface area contributed by atoms with Crippen LogP contribution in [0.25, 0.3) is 21.6 Å². The molecule has 1 amide bonds. The van der Waals surface area contributed by atoms with Gasteiger partial charge in [-0.2, -0.15) is 0 Å². The average molecular weight is 428 g/mol. The largest absolute Gasteiger partial charge is 0.473 e. The third kappa shape index (κ3) is 3.56. The molecule has 30 heavy (non-hydrogen) atoms. The molecule has 0 radical (unpaired) electrons. The molecule has 2 fully saturated rings. The van der Waals surface area contributed by atoms with Crippen molar-refractivity contribution in [3.05, 3.63) is 23.6 Å². The summed E-state index contributed by atoms with van der Waals surface area (Å²) in [5.74, 6) is 0.714. The van der Waals surface area contributed by atoms with E-state index in [1.165, 1.54) is 11.3 Å². The smallest absolute Gasteiger partial charge is 0.241 e. The molecular weight excluding hydrogens is 402 g/mol. The van der Waals surface area contributed by atoms with Gasteiger partial charge in [0.25, 0.3) is 0 Å². The molecule has 4 heterocycles. The van der Waals surface area contributed by atoms with Gasteiger partial charge in [-0.25, -0.2) is 15.0 Å². The lowest BCUT2D eigenvalue weighted by Crippen LogP contribution is -2.26. The first-order chi connectivity index (χ1) is 14.3. The van der Waals surface area contributed by atoms with Crippen LogP contribution in [0.2, 0.25) is 0 Å². The summed E-state index contributed by atoms with van der Waals surface area (Å²) in [6, 6.07) is 2.40. The van der Waals surface area contributed by atoms with Crippen LogP contribution in [-0.4, -0.2) is 43.2 Å². The first-order valence-electron chi connectivity index (χ1n) is 10.3. The molecular formula is C21H25N5O3S. The Balaban J connectivity index is 1.55. The van der Waals surface area contributed by atoms with E-state index in [-0.39, 0.29) is 17.9 Å². The number of amides is 1. The third-order valence-electron chi connectivity index (χ3n) is 5.71. The van der Waals surface area contributed by atoms with E-state index in [1.807, 2.05) is 19.3 Å². The SMILES string of the molecule is C[C@@H](Oc1nc(-c2cnc(C(C)(C)O)s2)cc2ncn(C3CC3)c12)C1CNC(=O)C1. The van der Waals surface area contributed by atoms with Crippen LogP contribution in [0.4, 0.5) is 0 Å². The van der Waals surface area contributed by atoms with Gasteiger partial charge in [-0.3, -0.25) is 4.79 Å². The molecule has 1 saturated carbocycles. The zero-order valence-corrected chi connectivity index (χ0v) is 18.1. The maximum absolute atomic E-state index is 11.6. The van der Waals surface area contributed by atoms with E-state index >= 15 is 0 Å². The maximum atomic E-state index is 11.6. The Kier molecular flexibility index (Phi) is 4.55. The van der Waals surface area contributed by atoms with Crippen molar-refractivity contribution >= 4 is 28.3 Å². The summed E-state index contributed by atoms with van der Waals surface area (Å²) < 4.78 is 8.50. The topological polar surface area (TPSA) is 102 Å². The number of pyridine rings is 1. The summed E-state index contributed by atoms with van der Waals surface area (Å²) in [5.41, 5.74) is 1.45. The summed E-state index contributed by atoms with van der Waals surface area (Å²) in [4.78, 5) is 26.3. The van der Waals surface area contributed by atoms with E-state index in [9.17, 15) is 9.90 Å². The Labute approximate surface area is 178 Å². The van der Waals surface area contributed by atoms with Crippen molar-refractivity contribution in [2.45, 2.75) is 57.8 Å². The van der Waals surface area contributed by atoms with E-state index in [1.54, 1.807) is 20.0 Å². The number of thiazole rings is 1. The minimum absolute atomic E-state index is 0.0640. The fraction of sp³-hybridized carbons (Fsp3) is 0.524. The quantitative estimate of drug-likeness (QED) is 0.627. The van der Waals surface area contributed by atoms with Crippen LogP contribution >= 0.6 is 11.3 Å². The number of hydrogen-bond donors (Lipinski definition) is 2. The third-order valence-corrected chi connectivity index (χ3v) is 7.04. The summed E-state index contributed by atoms with van der Waals surface area (Å²) in [7, 11) is 0. The van der Waals surface area contributed by atoms with Crippen molar-refractivity contribution < 1.29 is 14.6 Å². The number of imidazole rings is 1. The highest BCUT2D eigenvalue weighted by atomic mass is 32.1. The van der Waals surface area contributed by atoms with Gasteiger partial charge in [0.2, 0.25) is 11.8 Å². The predicted octanol–water partition coefficient (Wildman–Crippen LogP) is 3.02. The number of rotatable bonds is 6. The monoisotopic (exact) mass is 427 g/mol. The molecule has 1 aliphatic carbocycles. The van der Waals surface area contributed by atoms with Gasteiger partial charge in [0.1, 0.15) is 22.2 Å². The van der Waals surface area contributed by atoms with Gasteiger partial charge in [-0.15, -0.1) is 11.3 Å². The summed E-state index contributed by atoms with van der Waals surface area (Å²) in [6.45, 7) is 6.05. The molecule has 1 aliphatic heterocycles. The average Bonchev–Trinajstić information content (AvgIpc) is 3.10. The Hall–Kier alpha value is -2.52. The number of fused-ring (bicyclic) bond motifs is 1. The number of carbonyl (C=O) groups excluding carboxylic acids is 1. The Morgan fingerprint density at radius 2 is 2.17 bits per heavy atom. The molecule has 158 valence electrons. The zero-order chi connectivity index (χ0) is 21.0. The van der Waals surface area contributed by atoms with Crippen LogP contribution in [0.3, 0.4) is 0 Å². The van der Waals surface area contributed by atoms with Crippen molar-refractivity contribution in [3.63, 3.8) is 0 Å². The van der Waals surface area contributed by atoms with E-state index in [0.717, 1.165) is 34.4 Å². The van der Waals surface area contributed by atoms with E-state index in [4.69, 9.17) is 9.72 Å². The van der Waals surface area contributed by atoms with Gasteiger partial charge in [0, 0.05) is 31.1 Å². The fourth-order valence-electron chi connectivity index (χ4n) is 3.77. The predicted molar refractivity (Wildman–Crippen MR) is 113 cm³/mol. The zero-order valence-electron chi connectivity index (χ0n) is 17.3. The van der Waals surface area contributed by atoms with Crippen LogP contribution in [-0.2, 0) is 10.4 Å². The molecule has 9 heteroatoms. The van der Waals surface area contributed by atoms with Crippen molar-refractivity contribution in [1.29, 1.82) is 0 Å². The molecule has 0 aromatic carbocycles. The highest BCUT2D eigenvalue weighted by molar-refractivity contribution is 7.15. The van der Waals surface area contributed by atoms with Crippen molar-refractivity contribution in [1.82, 2.24) is 24.8 Å². The lowest BCUT2D eigenvalue weighted by atomic mass is 10.0. The van der Waals surface area contributed by atoms with Crippen LogP contribution in [0.1, 0.15) is 51.1 Å². The molecule has 8 nitrogen and oxygen atoms in total. The summed E-state index contributed by atoms with van der Waals surface area (Å²) in [6.07, 6.45) is 6.17. The highest BCUT2D eigenvalue weighted by Crippen LogP contribution is 2.41. The number of carbonyl (C=O) groups is 1. The molecule has 2 atom stereocenters. The van der Waals surface area contributed by atoms with E-state index < -0.39 is 5.60 Å². The van der Waals surface area contributed by atoms with E-state index in [0.29, 0.717) is 29.9 Å². The molecule has 5 rings (SSSR count). The van der Waals surface area contributed by atoms with Crippen molar-refractivity contribution in [3.8, 4) is 16.5 Å². The molecule has 1 saturated heterocycles. The minimum atomic E-state index is -1.00. The van der Waals surface area contributed by atoms with Crippen LogP contribution in [0.5, 0.6) is 5.88 Å². The second kappa shape index (κ2) is 7.02. The lowest BCUT2D eigenvalue weighted by Gasteiger charge is -2.20. The first kappa shape index (κ1) is 19.4. The Bertz CT molecular complexity index is 1110. The van der Waals surface area contributed by atoms with Gasteiger partial charge in [0.15, 0.2) is 0 Å². The molecule has 0 bridgehead atoms. The van der Waals surface area contributed by atoms with Gasteiger partial charge in [0.05, 0.1) is 22.4 Å². The van der Waals surface area contributed by atoms with Gasteiger partial charge < -0.3 is 19.7 Å². The maximum Gasteiger partial charge on any atom is 0.241 e. The number of aliphatic hydroxyl groups is 1. The highest BCUT2D eigenvalue weighted by Gasteiger charge is 2.31.